The standard InChI is InChI=1S/C15H21N5O3S/c1-20(2)14(21)10-3-5-12(6-4-10)18-15-17-8-11(7-16)13(19-15)9-24(22)23/h8,10,12H,3-6,9H2,1-2H3,(H,22,23)(H,17,18,19)/p-1. The molecular weight excluding hydrogens is 330 g/mol. The zero-order chi connectivity index (χ0) is 17.7. The molecule has 9 heteroatoms. The predicted octanol–water partition coefficient (Wildman–Crippen LogP) is 0.786. The summed E-state index contributed by atoms with van der Waals surface area (Å²) in [6.45, 7) is 0. The minimum absolute atomic E-state index is 0.0541. The van der Waals surface area contributed by atoms with Gasteiger partial charge in [0.1, 0.15) is 6.07 Å². The molecule has 1 saturated carbocycles. The van der Waals surface area contributed by atoms with Crippen molar-refractivity contribution >= 4 is 22.9 Å². The van der Waals surface area contributed by atoms with E-state index in [9.17, 15) is 13.6 Å². The van der Waals surface area contributed by atoms with Crippen LogP contribution in [0.4, 0.5) is 5.95 Å². The maximum atomic E-state index is 12.0. The SMILES string of the molecule is CN(C)C(=O)C1CCC(Nc2ncc(C#N)c(CS(=O)[O-])n2)CC1. The summed E-state index contributed by atoms with van der Waals surface area (Å²) in [5.74, 6) is 0.211. The molecule has 1 aliphatic rings. The third kappa shape index (κ3) is 4.72. The van der Waals surface area contributed by atoms with Crippen LogP contribution in [0.3, 0.4) is 0 Å². The quantitative estimate of drug-likeness (QED) is 0.779. The Balaban J connectivity index is 1.99. The van der Waals surface area contributed by atoms with Crippen molar-refractivity contribution in [3.63, 3.8) is 0 Å². The molecule has 0 bridgehead atoms. The molecule has 1 heterocycles. The number of carbonyl (C=O) groups excluding carboxylic acids is 1. The molecule has 0 saturated heterocycles. The zero-order valence-electron chi connectivity index (χ0n) is 13.7. The molecule has 0 spiro atoms. The summed E-state index contributed by atoms with van der Waals surface area (Å²) in [6.07, 6.45) is 4.55. The number of amides is 1. The zero-order valence-corrected chi connectivity index (χ0v) is 14.5. The number of nitrogens with zero attached hydrogens (tertiary/aromatic N) is 4. The van der Waals surface area contributed by atoms with Crippen LogP contribution in [0.2, 0.25) is 0 Å². The van der Waals surface area contributed by atoms with Gasteiger partial charge in [-0.1, -0.05) is 0 Å². The van der Waals surface area contributed by atoms with Crippen LogP contribution >= 0.6 is 0 Å². The van der Waals surface area contributed by atoms with Crippen LogP contribution in [0, 0.1) is 17.2 Å². The highest BCUT2D eigenvalue weighted by Gasteiger charge is 2.27. The second-order valence-corrected chi connectivity index (χ2v) is 6.94. The molecule has 1 aromatic rings. The number of aromatic nitrogens is 2. The molecule has 24 heavy (non-hydrogen) atoms. The molecule has 2 rings (SSSR count). The summed E-state index contributed by atoms with van der Waals surface area (Å²) in [5.41, 5.74) is 0.352. The topological polar surface area (TPSA) is 122 Å². The van der Waals surface area contributed by atoms with Crippen molar-refractivity contribution in [1.82, 2.24) is 14.9 Å². The number of hydrogen-bond donors (Lipinski definition) is 1. The fraction of sp³-hybridized carbons (Fsp3) is 0.600. The number of anilines is 1. The summed E-state index contributed by atoms with van der Waals surface area (Å²) in [5, 5.41) is 12.2. The van der Waals surface area contributed by atoms with Crippen LogP contribution < -0.4 is 5.32 Å². The monoisotopic (exact) mass is 350 g/mol. The molecule has 0 aliphatic heterocycles. The van der Waals surface area contributed by atoms with Gasteiger partial charge in [-0.3, -0.25) is 9.00 Å². The second kappa shape index (κ2) is 8.17. The number of carbonyl (C=O) groups is 1. The van der Waals surface area contributed by atoms with E-state index in [1.54, 1.807) is 19.0 Å². The van der Waals surface area contributed by atoms with Gasteiger partial charge in [-0.2, -0.15) is 5.26 Å². The van der Waals surface area contributed by atoms with E-state index in [-0.39, 0.29) is 34.9 Å². The molecular formula is C15H20N5O3S-. The number of nitriles is 1. The highest BCUT2D eigenvalue weighted by atomic mass is 32.2. The molecule has 130 valence electrons. The molecule has 1 N–H and O–H groups in total. The lowest BCUT2D eigenvalue weighted by molar-refractivity contribution is -0.133. The first kappa shape index (κ1) is 18.3. The van der Waals surface area contributed by atoms with Gasteiger partial charge in [0.15, 0.2) is 0 Å². The van der Waals surface area contributed by atoms with Crippen LogP contribution in [0.1, 0.15) is 36.9 Å². The molecule has 1 aliphatic carbocycles. The minimum atomic E-state index is -2.32. The van der Waals surface area contributed by atoms with E-state index in [1.165, 1.54) is 6.20 Å². The first-order chi connectivity index (χ1) is 11.4. The maximum Gasteiger partial charge on any atom is 0.225 e. The van der Waals surface area contributed by atoms with Crippen molar-refractivity contribution < 1.29 is 13.6 Å². The lowest BCUT2D eigenvalue weighted by atomic mass is 9.85. The van der Waals surface area contributed by atoms with Gasteiger partial charge in [0.25, 0.3) is 0 Å². The molecule has 0 aromatic carbocycles. The van der Waals surface area contributed by atoms with Crippen LogP contribution in [-0.2, 0) is 21.6 Å². The number of rotatable bonds is 5. The summed E-state index contributed by atoms with van der Waals surface area (Å²) in [6, 6.07) is 2.03. The van der Waals surface area contributed by atoms with E-state index < -0.39 is 11.1 Å². The van der Waals surface area contributed by atoms with Gasteiger partial charge in [0, 0.05) is 26.1 Å². The van der Waals surface area contributed by atoms with E-state index in [4.69, 9.17) is 5.26 Å². The normalized spacial score (nSPS) is 21.6. The third-order valence-corrected chi connectivity index (χ3v) is 4.60. The number of hydrogen-bond acceptors (Lipinski definition) is 7. The van der Waals surface area contributed by atoms with Gasteiger partial charge in [-0.25, -0.2) is 9.97 Å². The Hall–Kier alpha value is -2.05. The van der Waals surface area contributed by atoms with Gasteiger partial charge in [0.2, 0.25) is 11.9 Å². The fourth-order valence-electron chi connectivity index (χ4n) is 2.83. The summed E-state index contributed by atoms with van der Waals surface area (Å²) in [4.78, 5) is 21.8. The van der Waals surface area contributed by atoms with Gasteiger partial charge >= 0.3 is 0 Å². The van der Waals surface area contributed by atoms with Gasteiger partial charge in [-0.05, 0) is 36.8 Å². The van der Waals surface area contributed by atoms with Crippen LogP contribution in [-0.4, -0.2) is 49.7 Å². The lowest BCUT2D eigenvalue weighted by Crippen LogP contribution is -2.35. The van der Waals surface area contributed by atoms with Crippen molar-refractivity contribution in [2.24, 2.45) is 5.92 Å². The summed E-state index contributed by atoms with van der Waals surface area (Å²) in [7, 11) is 3.53. The molecule has 1 aromatic heterocycles. The lowest BCUT2D eigenvalue weighted by Gasteiger charge is -2.29. The van der Waals surface area contributed by atoms with Gasteiger partial charge in [0.05, 0.1) is 23.2 Å². The smallest absolute Gasteiger partial charge is 0.225 e. The second-order valence-electron chi connectivity index (χ2n) is 6.04. The van der Waals surface area contributed by atoms with Gasteiger partial charge in [-0.15, -0.1) is 0 Å². The molecule has 0 radical (unpaired) electrons. The largest absolute Gasteiger partial charge is 0.772 e. The Morgan fingerprint density at radius 1 is 1.46 bits per heavy atom. The third-order valence-electron chi connectivity index (χ3n) is 4.09. The van der Waals surface area contributed by atoms with Crippen LogP contribution in [0.15, 0.2) is 6.20 Å². The van der Waals surface area contributed by atoms with Crippen molar-refractivity contribution in [1.29, 1.82) is 5.26 Å². The fourth-order valence-corrected chi connectivity index (χ4v) is 3.28. The van der Waals surface area contributed by atoms with Crippen molar-refractivity contribution in [3.8, 4) is 6.07 Å². The molecule has 1 amide bonds. The van der Waals surface area contributed by atoms with Crippen LogP contribution in [0.25, 0.3) is 0 Å². The molecule has 8 nitrogen and oxygen atoms in total. The first-order valence-corrected chi connectivity index (χ1v) is 8.94. The van der Waals surface area contributed by atoms with E-state index in [0.29, 0.717) is 5.95 Å². The molecule has 1 unspecified atom stereocenters. The maximum absolute atomic E-state index is 12.0. The average molecular weight is 350 g/mol. The summed E-state index contributed by atoms with van der Waals surface area (Å²) >= 11 is -2.32. The Morgan fingerprint density at radius 3 is 2.67 bits per heavy atom. The van der Waals surface area contributed by atoms with Gasteiger partial charge < -0.3 is 14.8 Å². The Labute approximate surface area is 143 Å². The molecule has 1 atom stereocenters. The average Bonchev–Trinajstić information content (AvgIpc) is 2.54. The minimum Gasteiger partial charge on any atom is -0.772 e. The predicted molar refractivity (Wildman–Crippen MR) is 87.4 cm³/mol. The highest BCUT2D eigenvalue weighted by molar-refractivity contribution is 7.78. The Morgan fingerprint density at radius 2 is 2.12 bits per heavy atom. The van der Waals surface area contributed by atoms with E-state index in [0.717, 1.165) is 25.7 Å². The highest BCUT2D eigenvalue weighted by Crippen LogP contribution is 2.27. The van der Waals surface area contributed by atoms with Crippen molar-refractivity contribution in [2.45, 2.75) is 37.5 Å². The summed E-state index contributed by atoms with van der Waals surface area (Å²) < 4.78 is 21.7. The van der Waals surface area contributed by atoms with Crippen LogP contribution in [0.5, 0.6) is 0 Å². The van der Waals surface area contributed by atoms with E-state index in [1.807, 2.05) is 6.07 Å². The first-order valence-electron chi connectivity index (χ1n) is 7.70. The Kier molecular flexibility index (Phi) is 6.23. The van der Waals surface area contributed by atoms with E-state index in [2.05, 4.69) is 15.3 Å². The number of nitrogens with one attached hydrogen (secondary N) is 1. The molecule has 1 fully saturated rings. The Bertz CT molecular complexity index is 666. The van der Waals surface area contributed by atoms with E-state index >= 15 is 0 Å². The van der Waals surface area contributed by atoms with Crippen molar-refractivity contribution in [2.75, 3.05) is 19.4 Å². The van der Waals surface area contributed by atoms with Crippen molar-refractivity contribution in [3.05, 3.63) is 17.5 Å².